The summed E-state index contributed by atoms with van der Waals surface area (Å²) < 4.78 is 10.2. The zero-order valence-electron chi connectivity index (χ0n) is 13.2. The van der Waals surface area contributed by atoms with Crippen molar-refractivity contribution in [1.29, 1.82) is 0 Å². The van der Waals surface area contributed by atoms with Crippen LogP contribution < -0.4 is 0 Å². The number of hydrogen-bond donors (Lipinski definition) is 0. The molecule has 0 amide bonds. The van der Waals surface area contributed by atoms with Crippen molar-refractivity contribution in [2.75, 3.05) is 13.2 Å². The van der Waals surface area contributed by atoms with Gasteiger partial charge in [-0.25, -0.2) is 9.59 Å². The molecule has 21 heavy (non-hydrogen) atoms. The van der Waals surface area contributed by atoms with Crippen LogP contribution in [0.5, 0.6) is 0 Å². The van der Waals surface area contributed by atoms with Gasteiger partial charge in [0, 0.05) is 6.08 Å². The first-order valence-electron chi connectivity index (χ1n) is 7.82. The van der Waals surface area contributed by atoms with E-state index in [1.165, 1.54) is 0 Å². The van der Waals surface area contributed by atoms with Gasteiger partial charge >= 0.3 is 11.9 Å². The smallest absolute Gasteiger partial charge is 0.345 e. The van der Waals surface area contributed by atoms with Crippen LogP contribution in [0.15, 0.2) is 10.6 Å². The van der Waals surface area contributed by atoms with Gasteiger partial charge in [-0.3, -0.25) is 0 Å². The standard InChI is InChI=1S/C16H27BrO4/c1-3-5-7-9-11-20-15(18)13-14(17)16(19)21-12-10-8-6-4-2/h13H,3-12H2,1-2H3/b14-13-. The Morgan fingerprint density at radius 1 is 0.857 bits per heavy atom. The molecule has 0 saturated carbocycles. The highest BCUT2D eigenvalue weighted by Gasteiger charge is 2.10. The van der Waals surface area contributed by atoms with Crippen LogP contribution in [0.25, 0.3) is 0 Å². The molecule has 5 heteroatoms. The zero-order chi connectivity index (χ0) is 15.9. The Morgan fingerprint density at radius 3 is 1.90 bits per heavy atom. The molecule has 4 nitrogen and oxygen atoms in total. The summed E-state index contributed by atoms with van der Waals surface area (Å²) in [5.41, 5.74) is 0. The van der Waals surface area contributed by atoms with E-state index in [2.05, 4.69) is 29.8 Å². The molecule has 122 valence electrons. The van der Waals surface area contributed by atoms with E-state index in [1.54, 1.807) is 0 Å². The van der Waals surface area contributed by atoms with Crippen molar-refractivity contribution in [3.8, 4) is 0 Å². The Labute approximate surface area is 136 Å². The zero-order valence-corrected chi connectivity index (χ0v) is 14.7. The Morgan fingerprint density at radius 2 is 1.38 bits per heavy atom. The number of ether oxygens (including phenoxy) is 2. The predicted octanol–water partition coefficient (Wildman–Crippen LogP) is 4.51. The Hall–Kier alpha value is -0.840. The van der Waals surface area contributed by atoms with Gasteiger partial charge in [0.1, 0.15) is 4.48 Å². The maximum Gasteiger partial charge on any atom is 0.345 e. The third-order valence-electron chi connectivity index (χ3n) is 2.91. The molecule has 0 aromatic heterocycles. The highest BCUT2D eigenvalue weighted by atomic mass is 79.9. The SMILES string of the molecule is CCCCCCOC(=O)/C=C(\Br)C(=O)OCCCCCC. The van der Waals surface area contributed by atoms with E-state index in [4.69, 9.17) is 9.47 Å². The maximum atomic E-state index is 11.6. The normalized spacial score (nSPS) is 11.3. The second-order valence-electron chi connectivity index (χ2n) is 4.92. The lowest BCUT2D eigenvalue weighted by Crippen LogP contribution is -2.09. The molecular weight excluding hydrogens is 336 g/mol. The third-order valence-corrected chi connectivity index (χ3v) is 3.47. The minimum atomic E-state index is -0.519. The van der Waals surface area contributed by atoms with Gasteiger partial charge in [-0.1, -0.05) is 52.4 Å². The maximum absolute atomic E-state index is 11.6. The molecule has 0 spiro atoms. The van der Waals surface area contributed by atoms with Gasteiger partial charge in [0.2, 0.25) is 0 Å². The molecule has 0 aromatic rings. The summed E-state index contributed by atoms with van der Waals surface area (Å²) >= 11 is 3.05. The minimum absolute atomic E-state index is 0.108. The Kier molecular flexibility index (Phi) is 13.5. The van der Waals surface area contributed by atoms with Gasteiger partial charge in [-0.15, -0.1) is 0 Å². The molecule has 0 aliphatic heterocycles. The van der Waals surface area contributed by atoms with Gasteiger partial charge in [0.25, 0.3) is 0 Å². The van der Waals surface area contributed by atoms with Gasteiger partial charge in [-0.2, -0.15) is 0 Å². The lowest BCUT2D eigenvalue weighted by Gasteiger charge is -2.04. The Balaban J connectivity index is 3.81. The van der Waals surface area contributed by atoms with Gasteiger partial charge in [0.15, 0.2) is 0 Å². The van der Waals surface area contributed by atoms with E-state index in [9.17, 15) is 9.59 Å². The van der Waals surface area contributed by atoms with Crippen LogP contribution in [-0.4, -0.2) is 25.2 Å². The molecule has 0 unspecified atom stereocenters. The molecular formula is C16H27BrO4. The molecule has 0 aliphatic carbocycles. The van der Waals surface area contributed by atoms with E-state index >= 15 is 0 Å². The van der Waals surface area contributed by atoms with Gasteiger partial charge in [0.05, 0.1) is 13.2 Å². The van der Waals surface area contributed by atoms with Crippen LogP contribution in [0.2, 0.25) is 0 Å². The van der Waals surface area contributed by atoms with Crippen LogP contribution in [0.3, 0.4) is 0 Å². The summed E-state index contributed by atoms with van der Waals surface area (Å²) in [6, 6.07) is 0. The lowest BCUT2D eigenvalue weighted by atomic mass is 10.2. The first-order chi connectivity index (χ1) is 10.1. The van der Waals surface area contributed by atoms with Crippen LogP contribution in [0.4, 0.5) is 0 Å². The lowest BCUT2D eigenvalue weighted by molar-refractivity contribution is -0.140. The molecule has 0 rings (SSSR count). The molecule has 0 bridgehead atoms. The first kappa shape index (κ1) is 20.2. The molecule has 0 N–H and O–H groups in total. The van der Waals surface area contributed by atoms with Crippen LogP contribution >= 0.6 is 15.9 Å². The number of rotatable bonds is 12. The molecule has 0 heterocycles. The van der Waals surface area contributed by atoms with Crippen molar-refractivity contribution in [2.24, 2.45) is 0 Å². The van der Waals surface area contributed by atoms with E-state index in [0.717, 1.165) is 57.4 Å². The van der Waals surface area contributed by atoms with Gasteiger partial charge < -0.3 is 9.47 Å². The van der Waals surface area contributed by atoms with Crippen LogP contribution in [0, 0.1) is 0 Å². The summed E-state index contributed by atoms with van der Waals surface area (Å²) in [4.78, 5) is 23.1. The van der Waals surface area contributed by atoms with Crippen molar-refractivity contribution in [3.05, 3.63) is 10.6 Å². The van der Waals surface area contributed by atoms with E-state index in [0.29, 0.717) is 13.2 Å². The average molecular weight is 363 g/mol. The molecule has 0 radical (unpaired) electrons. The number of carbonyl (C=O) groups is 2. The number of halogens is 1. The van der Waals surface area contributed by atoms with Crippen LogP contribution in [0.1, 0.15) is 65.2 Å². The molecule has 0 saturated heterocycles. The summed E-state index contributed by atoms with van der Waals surface area (Å²) in [7, 11) is 0. The third kappa shape index (κ3) is 12.6. The van der Waals surface area contributed by atoms with Crippen molar-refractivity contribution in [2.45, 2.75) is 65.2 Å². The van der Waals surface area contributed by atoms with E-state index in [1.807, 2.05) is 0 Å². The van der Waals surface area contributed by atoms with E-state index in [-0.39, 0.29) is 4.48 Å². The second-order valence-corrected chi connectivity index (χ2v) is 5.77. The molecule has 0 atom stereocenters. The van der Waals surface area contributed by atoms with Crippen molar-refractivity contribution < 1.29 is 19.1 Å². The second kappa shape index (κ2) is 14.1. The van der Waals surface area contributed by atoms with E-state index < -0.39 is 11.9 Å². The number of hydrogen-bond acceptors (Lipinski definition) is 4. The summed E-state index contributed by atoms with van der Waals surface area (Å²) in [5, 5.41) is 0. The fourth-order valence-corrected chi connectivity index (χ4v) is 1.97. The molecule has 0 aromatic carbocycles. The van der Waals surface area contributed by atoms with Gasteiger partial charge in [-0.05, 0) is 28.8 Å². The number of carbonyl (C=O) groups excluding carboxylic acids is 2. The fourth-order valence-electron chi connectivity index (χ4n) is 1.67. The highest BCUT2D eigenvalue weighted by Crippen LogP contribution is 2.09. The first-order valence-corrected chi connectivity index (χ1v) is 8.62. The Bertz CT molecular complexity index is 326. The fraction of sp³-hybridized carbons (Fsp3) is 0.750. The number of unbranched alkanes of at least 4 members (excludes halogenated alkanes) is 6. The van der Waals surface area contributed by atoms with Crippen LogP contribution in [-0.2, 0) is 19.1 Å². The van der Waals surface area contributed by atoms with Crippen molar-refractivity contribution in [3.63, 3.8) is 0 Å². The monoisotopic (exact) mass is 362 g/mol. The molecule has 0 fully saturated rings. The molecule has 0 aliphatic rings. The average Bonchev–Trinajstić information content (AvgIpc) is 2.46. The predicted molar refractivity (Wildman–Crippen MR) is 87.2 cm³/mol. The highest BCUT2D eigenvalue weighted by molar-refractivity contribution is 9.12. The quantitative estimate of drug-likeness (QED) is 0.291. The summed E-state index contributed by atoms with van der Waals surface area (Å²) in [5.74, 6) is -1.03. The number of esters is 2. The van der Waals surface area contributed by atoms with Crippen molar-refractivity contribution >= 4 is 27.9 Å². The summed E-state index contributed by atoms with van der Waals surface area (Å²) in [6.45, 7) is 5.02. The minimum Gasteiger partial charge on any atom is -0.462 e. The topological polar surface area (TPSA) is 52.6 Å². The van der Waals surface area contributed by atoms with Crippen molar-refractivity contribution in [1.82, 2.24) is 0 Å². The largest absolute Gasteiger partial charge is 0.462 e. The summed E-state index contributed by atoms with van der Waals surface area (Å²) in [6.07, 6.45) is 9.49.